The molecule has 0 aromatic heterocycles. The standard InChI is InChI=1S/C18H17NO2/c1-12-7-8-17(21-13(2)20)16(11-12)18-15-6-4-3-5-14(15)9-10-19-18/h3-8,11H,9-10H2,1-2H3. The maximum Gasteiger partial charge on any atom is 0.308 e. The van der Waals surface area contributed by atoms with Crippen LogP contribution in [-0.4, -0.2) is 18.2 Å². The molecular formula is C18H17NO2. The summed E-state index contributed by atoms with van der Waals surface area (Å²) in [6.45, 7) is 4.20. The molecule has 106 valence electrons. The largest absolute Gasteiger partial charge is 0.426 e. The van der Waals surface area contributed by atoms with Crippen LogP contribution in [0.4, 0.5) is 0 Å². The van der Waals surface area contributed by atoms with Crippen LogP contribution < -0.4 is 4.74 Å². The first-order valence-electron chi connectivity index (χ1n) is 7.07. The van der Waals surface area contributed by atoms with Gasteiger partial charge in [-0.3, -0.25) is 9.79 Å². The summed E-state index contributed by atoms with van der Waals surface area (Å²) in [7, 11) is 0. The zero-order chi connectivity index (χ0) is 14.8. The van der Waals surface area contributed by atoms with Gasteiger partial charge < -0.3 is 4.74 Å². The average Bonchev–Trinajstić information content (AvgIpc) is 2.48. The van der Waals surface area contributed by atoms with Crippen LogP contribution in [0.2, 0.25) is 0 Å². The first kappa shape index (κ1) is 13.6. The van der Waals surface area contributed by atoms with Crippen molar-refractivity contribution >= 4 is 11.7 Å². The molecule has 0 radical (unpaired) electrons. The molecule has 21 heavy (non-hydrogen) atoms. The number of fused-ring (bicyclic) bond motifs is 1. The Balaban J connectivity index is 2.14. The van der Waals surface area contributed by atoms with E-state index in [2.05, 4.69) is 17.1 Å². The van der Waals surface area contributed by atoms with Crippen LogP contribution in [0, 0.1) is 6.92 Å². The molecule has 0 aliphatic carbocycles. The van der Waals surface area contributed by atoms with Gasteiger partial charge in [-0.1, -0.05) is 35.9 Å². The third-order valence-electron chi connectivity index (χ3n) is 3.57. The quantitative estimate of drug-likeness (QED) is 0.625. The number of carbonyl (C=O) groups excluding carboxylic acids is 1. The fourth-order valence-electron chi connectivity index (χ4n) is 2.65. The van der Waals surface area contributed by atoms with E-state index in [1.165, 1.54) is 12.5 Å². The Labute approximate surface area is 124 Å². The molecule has 2 aromatic rings. The van der Waals surface area contributed by atoms with Gasteiger partial charge >= 0.3 is 5.97 Å². The van der Waals surface area contributed by atoms with Gasteiger partial charge in [-0.2, -0.15) is 0 Å². The third kappa shape index (κ3) is 2.72. The van der Waals surface area contributed by atoms with Gasteiger partial charge in [0.05, 0.1) is 5.71 Å². The van der Waals surface area contributed by atoms with Crippen molar-refractivity contribution in [3.63, 3.8) is 0 Å². The smallest absolute Gasteiger partial charge is 0.308 e. The number of aliphatic imine (C=N–C) groups is 1. The minimum atomic E-state index is -0.315. The first-order valence-corrected chi connectivity index (χ1v) is 7.07. The van der Waals surface area contributed by atoms with E-state index in [1.807, 2.05) is 37.3 Å². The second-order valence-electron chi connectivity index (χ2n) is 5.23. The third-order valence-corrected chi connectivity index (χ3v) is 3.57. The molecule has 0 atom stereocenters. The number of benzene rings is 2. The molecule has 3 nitrogen and oxygen atoms in total. The lowest BCUT2D eigenvalue weighted by Gasteiger charge is -2.19. The Morgan fingerprint density at radius 3 is 2.76 bits per heavy atom. The molecule has 3 rings (SSSR count). The van der Waals surface area contributed by atoms with Gasteiger partial charge in [0.1, 0.15) is 5.75 Å². The number of ether oxygens (including phenoxy) is 1. The predicted octanol–water partition coefficient (Wildman–Crippen LogP) is 3.31. The molecule has 2 aromatic carbocycles. The number of hydrogen-bond acceptors (Lipinski definition) is 3. The lowest BCUT2D eigenvalue weighted by Crippen LogP contribution is -2.16. The second-order valence-corrected chi connectivity index (χ2v) is 5.23. The molecule has 0 bridgehead atoms. The molecule has 0 saturated heterocycles. The molecule has 1 aliphatic rings. The molecule has 1 heterocycles. The molecule has 0 saturated carbocycles. The molecule has 1 aliphatic heterocycles. The van der Waals surface area contributed by atoms with Crippen molar-refractivity contribution in [3.8, 4) is 5.75 Å². The Morgan fingerprint density at radius 2 is 1.95 bits per heavy atom. The van der Waals surface area contributed by atoms with E-state index in [0.29, 0.717) is 5.75 Å². The van der Waals surface area contributed by atoms with Crippen molar-refractivity contribution in [3.05, 3.63) is 64.7 Å². The lowest BCUT2D eigenvalue weighted by molar-refractivity contribution is -0.131. The normalized spacial score (nSPS) is 13.3. The highest BCUT2D eigenvalue weighted by atomic mass is 16.5. The van der Waals surface area contributed by atoms with Crippen LogP contribution >= 0.6 is 0 Å². The molecule has 0 amide bonds. The zero-order valence-corrected chi connectivity index (χ0v) is 12.2. The summed E-state index contributed by atoms with van der Waals surface area (Å²) in [4.78, 5) is 16.0. The van der Waals surface area contributed by atoms with Gasteiger partial charge in [0.25, 0.3) is 0 Å². The van der Waals surface area contributed by atoms with Crippen LogP contribution in [0.5, 0.6) is 5.75 Å². The SMILES string of the molecule is CC(=O)Oc1ccc(C)cc1C1=NCCc2ccccc21. The number of carbonyl (C=O) groups is 1. The number of aryl methyl sites for hydroxylation is 1. The van der Waals surface area contributed by atoms with Crippen LogP contribution in [0.3, 0.4) is 0 Å². The Hall–Kier alpha value is -2.42. The number of nitrogens with zero attached hydrogens (tertiary/aromatic N) is 1. The summed E-state index contributed by atoms with van der Waals surface area (Å²) in [5, 5.41) is 0. The Kier molecular flexibility index (Phi) is 3.57. The van der Waals surface area contributed by atoms with Crippen molar-refractivity contribution < 1.29 is 9.53 Å². The number of rotatable bonds is 2. The molecule has 0 N–H and O–H groups in total. The van der Waals surface area contributed by atoms with E-state index < -0.39 is 0 Å². The summed E-state index contributed by atoms with van der Waals surface area (Å²) in [6.07, 6.45) is 0.953. The maximum absolute atomic E-state index is 11.3. The first-order chi connectivity index (χ1) is 10.1. The molecule has 3 heteroatoms. The van der Waals surface area contributed by atoms with Gasteiger partial charge in [0.2, 0.25) is 0 Å². The molecule has 0 unspecified atom stereocenters. The summed E-state index contributed by atoms with van der Waals surface area (Å²) in [5.41, 5.74) is 5.33. The van der Waals surface area contributed by atoms with Gasteiger partial charge in [-0.25, -0.2) is 0 Å². The predicted molar refractivity (Wildman–Crippen MR) is 83.1 cm³/mol. The summed E-state index contributed by atoms with van der Waals surface area (Å²) < 4.78 is 5.35. The van der Waals surface area contributed by atoms with Crippen molar-refractivity contribution in [2.75, 3.05) is 6.54 Å². The highest BCUT2D eigenvalue weighted by Gasteiger charge is 2.19. The van der Waals surface area contributed by atoms with Gasteiger partial charge in [-0.05, 0) is 31.0 Å². The van der Waals surface area contributed by atoms with Crippen LogP contribution in [-0.2, 0) is 11.2 Å². The Bertz CT molecular complexity index is 732. The van der Waals surface area contributed by atoms with Gasteiger partial charge in [0, 0.05) is 24.6 Å². The van der Waals surface area contributed by atoms with Crippen molar-refractivity contribution in [1.82, 2.24) is 0 Å². The fraction of sp³-hybridized carbons (Fsp3) is 0.222. The zero-order valence-electron chi connectivity index (χ0n) is 12.2. The summed E-state index contributed by atoms with van der Waals surface area (Å²) >= 11 is 0. The topological polar surface area (TPSA) is 38.7 Å². The minimum absolute atomic E-state index is 0.315. The van der Waals surface area contributed by atoms with Crippen LogP contribution in [0.1, 0.15) is 29.2 Å². The van der Waals surface area contributed by atoms with Crippen molar-refractivity contribution in [2.24, 2.45) is 4.99 Å². The maximum atomic E-state index is 11.3. The molecular weight excluding hydrogens is 262 g/mol. The van der Waals surface area contributed by atoms with Crippen LogP contribution in [0.25, 0.3) is 0 Å². The van der Waals surface area contributed by atoms with E-state index in [0.717, 1.165) is 35.4 Å². The number of hydrogen-bond donors (Lipinski definition) is 0. The van der Waals surface area contributed by atoms with Crippen molar-refractivity contribution in [2.45, 2.75) is 20.3 Å². The van der Waals surface area contributed by atoms with E-state index in [-0.39, 0.29) is 5.97 Å². The lowest BCUT2D eigenvalue weighted by atomic mass is 9.92. The van der Waals surface area contributed by atoms with E-state index >= 15 is 0 Å². The summed E-state index contributed by atoms with van der Waals surface area (Å²) in [6, 6.07) is 14.1. The van der Waals surface area contributed by atoms with E-state index in [4.69, 9.17) is 4.74 Å². The number of esters is 1. The fourth-order valence-corrected chi connectivity index (χ4v) is 2.65. The van der Waals surface area contributed by atoms with Gasteiger partial charge in [-0.15, -0.1) is 0 Å². The second kappa shape index (κ2) is 5.52. The highest BCUT2D eigenvalue weighted by molar-refractivity contribution is 6.16. The monoisotopic (exact) mass is 279 g/mol. The van der Waals surface area contributed by atoms with Gasteiger partial charge in [0.15, 0.2) is 0 Å². The summed E-state index contributed by atoms with van der Waals surface area (Å²) in [5.74, 6) is 0.258. The molecule has 0 fully saturated rings. The highest BCUT2D eigenvalue weighted by Crippen LogP contribution is 2.27. The van der Waals surface area contributed by atoms with E-state index in [9.17, 15) is 4.79 Å². The van der Waals surface area contributed by atoms with E-state index in [1.54, 1.807) is 0 Å². The molecule has 0 spiro atoms. The van der Waals surface area contributed by atoms with Crippen molar-refractivity contribution in [1.29, 1.82) is 0 Å². The minimum Gasteiger partial charge on any atom is -0.426 e. The van der Waals surface area contributed by atoms with Crippen LogP contribution in [0.15, 0.2) is 47.5 Å². The Morgan fingerprint density at radius 1 is 1.14 bits per heavy atom. The average molecular weight is 279 g/mol.